The van der Waals surface area contributed by atoms with Crippen LogP contribution >= 0.6 is 0 Å². The highest BCUT2D eigenvalue weighted by Crippen LogP contribution is 2.15. The van der Waals surface area contributed by atoms with Crippen LogP contribution in [0.2, 0.25) is 0 Å². The predicted octanol–water partition coefficient (Wildman–Crippen LogP) is 1.51. The normalized spacial score (nSPS) is 12.5. The molecule has 114 valence electrons. The first-order valence-corrected chi connectivity index (χ1v) is 7.28. The lowest BCUT2D eigenvalue weighted by Gasteiger charge is -2.12. The van der Waals surface area contributed by atoms with Crippen molar-refractivity contribution in [1.29, 1.82) is 0 Å². The SMILES string of the molecule is COCCC(N)C(=O)NCCCn1ccc2ccccc21. The monoisotopic (exact) mass is 289 g/mol. The third-order valence-electron chi connectivity index (χ3n) is 3.52. The van der Waals surface area contributed by atoms with E-state index in [1.165, 1.54) is 10.9 Å². The minimum absolute atomic E-state index is 0.107. The van der Waals surface area contributed by atoms with Gasteiger partial charge in [0.05, 0.1) is 6.04 Å². The van der Waals surface area contributed by atoms with Crippen molar-refractivity contribution >= 4 is 16.8 Å². The van der Waals surface area contributed by atoms with Crippen LogP contribution in [0.25, 0.3) is 10.9 Å². The first-order chi connectivity index (χ1) is 10.2. The number of rotatable bonds is 8. The average molecular weight is 289 g/mol. The molecule has 5 heteroatoms. The Kier molecular flexibility index (Phi) is 5.78. The smallest absolute Gasteiger partial charge is 0.237 e. The second kappa shape index (κ2) is 7.81. The fourth-order valence-corrected chi connectivity index (χ4v) is 2.30. The molecule has 0 aliphatic heterocycles. The number of ether oxygens (including phenoxy) is 1. The molecule has 3 N–H and O–H groups in total. The Morgan fingerprint density at radius 1 is 1.38 bits per heavy atom. The molecule has 0 aliphatic carbocycles. The van der Waals surface area contributed by atoms with E-state index >= 15 is 0 Å². The van der Waals surface area contributed by atoms with E-state index in [1.807, 2.05) is 12.1 Å². The second-order valence-corrected chi connectivity index (χ2v) is 5.10. The van der Waals surface area contributed by atoms with Crippen molar-refractivity contribution in [2.75, 3.05) is 20.3 Å². The van der Waals surface area contributed by atoms with Gasteiger partial charge in [-0.1, -0.05) is 18.2 Å². The molecule has 1 aromatic carbocycles. The first kappa shape index (κ1) is 15.5. The Morgan fingerprint density at radius 2 is 2.19 bits per heavy atom. The third kappa shape index (κ3) is 4.31. The molecule has 0 aliphatic rings. The van der Waals surface area contributed by atoms with Crippen LogP contribution < -0.4 is 11.1 Å². The first-order valence-electron chi connectivity index (χ1n) is 7.28. The Labute approximate surface area is 125 Å². The molecular formula is C16H23N3O2. The molecule has 0 radical (unpaired) electrons. The summed E-state index contributed by atoms with van der Waals surface area (Å²) in [7, 11) is 1.60. The van der Waals surface area contributed by atoms with E-state index < -0.39 is 6.04 Å². The molecule has 1 amide bonds. The zero-order valence-corrected chi connectivity index (χ0v) is 12.4. The summed E-state index contributed by atoms with van der Waals surface area (Å²) in [5, 5.41) is 4.11. The van der Waals surface area contributed by atoms with Gasteiger partial charge in [-0.15, -0.1) is 0 Å². The minimum atomic E-state index is -0.489. The highest BCUT2D eigenvalue weighted by molar-refractivity contribution is 5.81. The van der Waals surface area contributed by atoms with Crippen LogP contribution in [0, 0.1) is 0 Å². The number of carbonyl (C=O) groups excluding carboxylic acids is 1. The quantitative estimate of drug-likeness (QED) is 0.724. The molecule has 1 atom stereocenters. The van der Waals surface area contributed by atoms with Crippen molar-refractivity contribution in [3.05, 3.63) is 36.5 Å². The largest absolute Gasteiger partial charge is 0.385 e. The fraction of sp³-hybridized carbons (Fsp3) is 0.438. The summed E-state index contributed by atoms with van der Waals surface area (Å²) < 4.78 is 7.12. The predicted molar refractivity (Wildman–Crippen MR) is 84.0 cm³/mol. The molecule has 0 bridgehead atoms. The second-order valence-electron chi connectivity index (χ2n) is 5.10. The van der Waals surface area contributed by atoms with E-state index in [-0.39, 0.29) is 5.91 Å². The molecular weight excluding hydrogens is 266 g/mol. The van der Waals surface area contributed by atoms with Crippen molar-refractivity contribution in [1.82, 2.24) is 9.88 Å². The van der Waals surface area contributed by atoms with Crippen LogP contribution in [0.1, 0.15) is 12.8 Å². The van der Waals surface area contributed by atoms with E-state index in [2.05, 4.69) is 34.3 Å². The van der Waals surface area contributed by atoms with Gasteiger partial charge in [-0.2, -0.15) is 0 Å². The fourth-order valence-electron chi connectivity index (χ4n) is 2.30. The van der Waals surface area contributed by atoms with Gasteiger partial charge in [-0.05, 0) is 30.4 Å². The zero-order chi connectivity index (χ0) is 15.1. The van der Waals surface area contributed by atoms with E-state index in [1.54, 1.807) is 7.11 Å². The molecule has 1 heterocycles. The van der Waals surface area contributed by atoms with Gasteiger partial charge in [-0.25, -0.2) is 0 Å². The van der Waals surface area contributed by atoms with Crippen molar-refractivity contribution < 1.29 is 9.53 Å². The van der Waals surface area contributed by atoms with Crippen LogP contribution in [0.15, 0.2) is 36.5 Å². The molecule has 1 aromatic heterocycles. The number of methoxy groups -OCH3 is 1. The molecule has 0 saturated heterocycles. The Hall–Kier alpha value is -1.85. The Balaban J connectivity index is 1.73. The van der Waals surface area contributed by atoms with Gasteiger partial charge in [0.1, 0.15) is 0 Å². The molecule has 0 spiro atoms. The highest BCUT2D eigenvalue weighted by atomic mass is 16.5. The van der Waals surface area contributed by atoms with Crippen molar-refractivity contribution in [3.63, 3.8) is 0 Å². The van der Waals surface area contributed by atoms with Crippen LogP contribution in [-0.2, 0) is 16.1 Å². The molecule has 21 heavy (non-hydrogen) atoms. The van der Waals surface area contributed by atoms with Gasteiger partial charge < -0.3 is 20.4 Å². The molecule has 2 aromatic rings. The Bertz CT molecular complexity index is 580. The van der Waals surface area contributed by atoms with E-state index in [0.717, 1.165) is 13.0 Å². The lowest BCUT2D eigenvalue weighted by atomic mass is 10.2. The average Bonchev–Trinajstić information content (AvgIpc) is 2.92. The number of nitrogens with zero attached hydrogens (tertiary/aromatic N) is 1. The van der Waals surface area contributed by atoms with Gasteiger partial charge in [0.25, 0.3) is 0 Å². The Morgan fingerprint density at radius 3 is 3.00 bits per heavy atom. The maximum absolute atomic E-state index is 11.7. The van der Waals surface area contributed by atoms with Crippen LogP contribution in [0.4, 0.5) is 0 Å². The van der Waals surface area contributed by atoms with Gasteiger partial charge in [0.2, 0.25) is 5.91 Å². The molecule has 0 saturated carbocycles. The number of nitrogens with one attached hydrogen (secondary N) is 1. The van der Waals surface area contributed by atoms with E-state index in [4.69, 9.17) is 10.5 Å². The van der Waals surface area contributed by atoms with Gasteiger partial charge >= 0.3 is 0 Å². The highest BCUT2D eigenvalue weighted by Gasteiger charge is 2.11. The topological polar surface area (TPSA) is 69.3 Å². The maximum Gasteiger partial charge on any atom is 0.237 e. The van der Waals surface area contributed by atoms with Gasteiger partial charge in [0.15, 0.2) is 0 Å². The number of benzene rings is 1. The summed E-state index contributed by atoms with van der Waals surface area (Å²) in [6.45, 7) is 2.01. The summed E-state index contributed by atoms with van der Waals surface area (Å²) in [5.41, 5.74) is 6.98. The number of aromatic nitrogens is 1. The number of aryl methyl sites for hydroxylation is 1. The standard InChI is InChI=1S/C16H23N3O2/c1-21-12-8-14(17)16(20)18-9-4-10-19-11-7-13-5-2-3-6-15(13)19/h2-3,5-7,11,14H,4,8-10,12,17H2,1H3,(H,18,20). The third-order valence-corrected chi connectivity index (χ3v) is 3.52. The number of para-hydroxylation sites is 1. The van der Waals surface area contributed by atoms with E-state index in [9.17, 15) is 4.79 Å². The number of hydrogen-bond acceptors (Lipinski definition) is 3. The van der Waals surface area contributed by atoms with Crippen molar-refractivity contribution in [3.8, 4) is 0 Å². The zero-order valence-electron chi connectivity index (χ0n) is 12.4. The maximum atomic E-state index is 11.7. The molecule has 5 nitrogen and oxygen atoms in total. The van der Waals surface area contributed by atoms with Gasteiger partial charge in [-0.3, -0.25) is 4.79 Å². The lowest BCUT2D eigenvalue weighted by molar-refractivity contribution is -0.122. The van der Waals surface area contributed by atoms with Crippen molar-refractivity contribution in [2.45, 2.75) is 25.4 Å². The molecule has 0 fully saturated rings. The van der Waals surface area contributed by atoms with Crippen LogP contribution in [-0.4, -0.2) is 36.8 Å². The number of hydrogen-bond donors (Lipinski definition) is 2. The van der Waals surface area contributed by atoms with Gasteiger partial charge in [0, 0.05) is 38.5 Å². The minimum Gasteiger partial charge on any atom is -0.385 e. The summed E-state index contributed by atoms with van der Waals surface area (Å²) in [6.07, 6.45) is 3.50. The summed E-state index contributed by atoms with van der Waals surface area (Å²) in [6, 6.07) is 9.90. The summed E-state index contributed by atoms with van der Waals surface area (Å²) in [5.74, 6) is -0.107. The number of nitrogens with two attached hydrogens (primary N) is 1. The molecule has 2 rings (SSSR count). The number of fused-ring (bicyclic) bond motifs is 1. The van der Waals surface area contributed by atoms with Crippen LogP contribution in [0.5, 0.6) is 0 Å². The van der Waals surface area contributed by atoms with Crippen LogP contribution in [0.3, 0.4) is 0 Å². The summed E-state index contributed by atoms with van der Waals surface area (Å²) in [4.78, 5) is 11.7. The number of amides is 1. The number of carbonyl (C=O) groups is 1. The lowest BCUT2D eigenvalue weighted by Crippen LogP contribution is -2.41. The summed E-state index contributed by atoms with van der Waals surface area (Å²) >= 11 is 0. The molecule has 1 unspecified atom stereocenters. The van der Waals surface area contributed by atoms with E-state index in [0.29, 0.717) is 19.6 Å². The van der Waals surface area contributed by atoms with Crippen molar-refractivity contribution in [2.24, 2.45) is 5.73 Å².